The standard InChI is InChI=1S/C47H36N2S2/c1-45(2)33-17-15-25(43-48-39-11-7-9-13-41(39)50-43)19-27(33)29-21-37-31(23-35(29)45)32-24-36-30(22-38(32)47(37,5)6)28-20-26(16-18-34(28)46(36,3)4)44-49-40-12-8-10-14-42(40)51-44/h7-24H,1-6H3. The van der Waals surface area contributed by atoms with Crippen molar-refractivity contribution >= 4 is 43.1 Å². The number of benzene rings is 6. The van der Waals surface area contributed by atoms with Gasteiger partial charge in [0.1, 0.15) is 10.0 Å². The quantitative estimate of drug-likeness (QED) is 0.180. The predicted molar refractivity (Wildman–Crippen MR) is 216 cm³/mol. The first kappa shape index (κ1) is 29.8. The molecule has 0 radical (unpaired) electrons. The van der Waals surface area contributed by atoms with E-state index in [0.717, 1.165) is 21.0 Å². The van der Waals surface area contributed by atoms with Crippen molar-refractivity contribution in [2.24, 2.45) is 0 Å². The van der Waals surface area contributed by atoms with Crippen LogP contribution in [-0.4, -0.2) is 9.97 Å². The third kappa shape index (κ3) is 3.87. The fourth-order valence-corrected chi connectivity index (χ4v) is 11.4. The van der Waals surface area contributed by atoms with Gasteiger partial charge in [0.05, 0.1) is 20.4 Å². The van der Waals surface area contributed by atoms with Crippen molar-refractivity contribution in [1.29, 1.82) is 0 Å². The van der Waals surface area contributed by atoms with Crippen molar-refractivity contribution in [2.75, 3.05) is 0 Å². The lowest BCUT2D eigenvalue weighted by atomic mass is 9.78. The molecular formula is C47H36N2S2. The van der Waals surface area contributed by atoms with Gasteiger partial charge in [-0.25, -0.2) is 9.97 Å². The van der Waals surface area contributed by atoms with Gasteiger partial charge in [-0.1, -0.05) is 90.1 Å². The van der Waals surface area contributed by atoms with E-state index >= 15 is 0 Å². The van der Waals surface area contributed by atoms with Crippen LogP contribution in [0, 0.1) is 0 Å². The normalized spacial score (nSPS) is 16.5. The highest BCUT2D eigenvalue weighted by Gasteiger charge is 2.44. The molecule has 2 aromatic heterocycles. The van der Waals surface area contributed by atoms with E-state index in [1.807, 2.05) is 0 Å². The molecule has 3 aliphatic rings. The zero-order valence-corrected chi connectivity index (χ0v) is 31.2. The van der Waals surface area contributed by atoms with Crippen LogP contribution < -0.4 is 0 Å². The molecule has 0 bridgehead atoms. The van der Waals surface area contributed by atoms with Crippen molar-refractivity contribution in [3.63, 3.8) is 0 Å². The monoisotopic (exact) mass is 692 g/mol. The van der Waals surface area contributed by atoms with Crippen LogP contribution in [0.25, 0.3) is 75.0 Å². The van der Waals surface area contributed by atoms with Gasteiger partial charge in [0, 0.05) is 27.4 Å². The van der Waals surface area contributed by atoms with Gasteiger partial charge in [0.2, 0.25) is 0 Å². The van der Waals surface area contributed by atoms with E-state index in [2.05, 4.69) is 151 Å². The Hall–Kier alpha value is -4.90. The summed E-state index contributed by atoms with van der Waals surface area (Å²) in [6, 6.07) is 41.1. The number of fused-ring (bicyclic) bond motifs is 11. The summed E-state index contributed by atoms with van der Waals surface area (Å²) >= 11 is 3.56. The average molecular weight is 693 g/mol. The molecule has 246 valence electrons. The van der Waals surface area contributed by atoms with Crippen LogP contribution in [0.3, 0.4) is 0 Å². The Kier molecular flexibility index (Phi) is 5.67. The molecule has 0 N–H and O–H groups in total. The van der Waals surface area contributed by atoms with Gasteiger partial charge in [0.25, 0.3) is 0 Å². The Morgan fingerprint density at radius 1 is 0.373 bits per heavy atom. The molecule has 11 rings (SSSR count). The molecule has 0 unspecified atom stereocenters. The molecular weight excluding hydrogens is 657 g/mol. The third-order valence-electron chi connectivity index (χ3n) is 12.3. The molecule has 0 saturated heterocycles. The van der Waals surface area contributed by atoms with Crippen molar-refractivity contribution in [1.82, 2.24) is 9.97 Å². The minimum atomic E-state index is -0.135. The van der Waals surface area contributed by atoms with Gasteiger partial charge in [0.15, 0.2) is 0 Å². The van der Waals surface area contributed by atoms with Crippen molar-refractivity contribution in [3.05, 3.63) is 143 Å². The van der Waals surface area contributed by atoms with E-state index in [4.69, 9.17) is 9.97 Å². The summed E-state index contributed by atoms with van der Waals surface area (Å²) in [7, 11) is 0. The summed E-state index contributed by atoms with van der Waals surface area (Å²) in [4.78, 5) is 10.0. The predicted octanol–water partition coefficient (Wildman–Crippen LogP) is 13.2. The molecule has 6 aromatic carbocycles. The maximum absolute atomic E-state index is 5.01. The third-order valence-corrected chi connectivity index (χ3v) is 14.5. The van der Waals surface area contributed by atoms with Gasteiger partial charge in [-0.3, -0.25) is 0 Å². The molecule has 0 fully saturated rings. The Bertz CT molecular complexity index is 2580. The molecule has 51 heavy (non-hydrogen) atoms. The number of nitrogens with zero attached hydrogens (tertiary/aromatic N) is 2. The molecule has 2 heterocycles. The zero-order valence-electron chi connectivity index (χ0n) is 29.6. The number of hydrogen-bond acceptors (Lipinski definition) is 4. The number of thiazole rings is 2. The summed E-state index contributed by atoms with van der Waals surface area (Å²) in [5, 5.41) is 2.17. The highest BCUT2D eigenvalue weighted by Crippen LogP contribution is 2.59. The van der Waals surface area contributed by atoms with Gasteiger partial charge >= 0.3 is 0 Å². The Morgan fingerprint density at radius 3 is 1.08 bits per heavy atom. The van der Waals surface area contributed by atoms with Crippen LogP contribution in [-0.2, 0) is 16.2 Å². The van der Waals surface area contributed by atoms with E-state index in [1.165, 1.54) is 87.3 Å². The minimum Gasteiger partial charge on any atom is -0.236 e. The molecule has 2 nitrogen and oxygen atoms in total. The molecule has 0 atom stereocenters. The molecule has 0 spiro atoms. The van der Waals surface area contributed by atoms with Crippen LogP contribution in [0.1, 0.15) is 74.9 Å². The topological polar surface area (TPSA) is 25.8 Å². The van der Waals surface area contributed by atoms with Crippen molar-refractivity contribution in [3.8, 4) is 54.5 Å². The molecule has 4 heteroatoms. The molecule has 0 amide bonds. The average Bonchev–Trinajstić information content (AvgIpc) is 3.90. The molecule has 3 aliphatic carbocycles. The highest BCUT2D eigenvalue weighted by atomic mass is 32.1. The molecule has 8 aromatic rings. The SMILES string of the molecule is CC1(C)c2ccc(-c3nc4ccccc4s3)cc2-c2cc3c(cc21)-c1cc2c(cc1C3(C)C)-c1cc(-c3nc4ccccc4s3)ccc1C2(C)C. The fourth-order valence-electron chi connectivity index (χ4n) is 9.48. The highest BCUT2D eigenvalue weighted by molar-refractivity contribution is 7.22. The first-order chi connectivity index (χ1) is 24.5. The maximum Gasteiger partial charge on any atom is 0.124 e. The van der Waals surface area contributed by atoms with Gasteiger partial charge in [-0.05, 0) is 127 Å². The maximum atomic E-state index is 5.01. The van der Waals surface area contributed by atoms with Crippen LogP contribution >= 0.6 is 22.7 Å². The van der Waals surface area contributed by atoms with E-state index in [9.17, 15) is 0 Å². The van der Waals surface area contributed by atoms with E-state index in [-0.39, 0.29) is 16.2 Å². The Labute approximate surface area is 306 Å². The zero-order chi connectivity index (χ0) is 34.6. The molecule has 0 saturated carbocycles. The number of aromatic nitrogens is 2. The first-order valence-corrected chi connectivity index (χ1v) is 19.5. The number of hydrogen-bond donors (Lipinski definition) is 0. The summed E-state index contributed by atoms with van der Waals surface area (Å²) in [5.74, 6) is 0. The smallest absolute Gasteiger partial charge is 0.124 e. The van der Waals surface area contributed by atoms with Crippen LogP contribution in [0.15, 0.2) is 109 Å². The van der Waals surface area contributed by atoms with Crippen LogP contribution in [0.5, 0.6) is 0 Å². The van der Waals surface area contributed by atoms with Crippen LogP contribution in [0.2, 0.25) is 0 Å². The van der Waals surface area contributed by atoms with Crippen molar-refractivity contribution in [2.45, 2.75) is 57.8 Å². The lowest BCUT2D eigenvalue weighted by Gasteiger charge is -2.24. The Balaban J connectivity index is 1.05. The first-order valence-electron chi connectivity index (χ1n) is 17.9. The molecule has 0 aliphatic heterocycles. The van der Waals surface area contributed by atoms with Crippen LogP contribution in [0.4, 0.5) is 0 Å². The van der Waals surface area contributed by atoms with E-state index in [1.54, 1.807) is 22.7 Å². The van der Waals surface area contributed by atoms with E-state index in [0.29, 0.717) is 0 Å². The second-order valence-corrected chi connectivity index (χ2v) is 18.3. The lowest BCUT2D eigenvalue weighted by Crippen LogP contribution is -2.17. The van der Waals surface area contributed by atoms with Crippen molar-refractivity contribution < 1.29 is 0 Å². The lowest BCUT2D eigenvalue weighted by molar-refractivity contribution is 0.649. The summed E-state index contributed by atoms with van der Waals surface area (Å²) in [6.45, 7) is 14.4. The van der Waals surface area contributed by atoms with Gasteiger partial charge in [-0.2, -0.15) is 0 Å². The fraction of sp³-hybridized carbons (Fsp3) is 0.191. The minimum absolute atomic E-state index is 0.0953. The number of para-hydroxylation sites is 2. The summed E-state index contributed by atoms with van der Waals surface area (Å²) in [5.41, 5.74) is 20.9. The number of rotatable bonds is 2. The summed E-state index contributed by atoms with van der Waals surface area (Å²) in [6.07, 6.45) is 0. The second kappa shape index (κ2) is 9.70. The summed E-state index contributed by atoms with van der Waals surface area (Å²) < 4.78 is 2.47. The van der Waals surface area contributed by atoms with E-state index < -0.39 is 0 Å². The largest absolute Gasteiger partial charge is 0.236 e. The van der Waals surface area contributed by atoms with Gasteiger partial charge in [-0.15, -0.1) is 22.7 Å². The second-order valence-electron chi connectivity index (χ2n) is 16.3. The van der Waals surface area contributed by atoms with Gasteiger partial charge < -0.3 is 0 Å². The Morgan fingerprint density at radius 2 is 0.706 bits per heavy atom.